The average Bonchev–Trinajstić information content (AvgIpc) is 2.52. The molecule has 0 aromatic heterocycles. The molecular formula is C16H23ClN2O3. The first-order valence-electron chi connectivity index (χ1n) is 7.64. The van der Waals surface area contributed by atoms with Crippen molar-refractivity contribution in [3.63, 3.8) is 0 Å². The molecule has 6 heteroatoms. The smallest absolute Gasteiger partial charge is 0.317 e. The first kappa shape index (κ1) is 16.9. The minimum Gasteiger partial charge on any atom is -0.489 e. The highest BCUT2D eigenvalue weighted by Crippen LogP contribution is 2.18. The molecule has 0 saturated carbocycles. The van der Waals surface area contributed by atoms with E-state index in [0.29, 0.717) is 36.3 Å². The number of hydrogen-bond acceptors (Lipinski definition) is 3. The van der Waals surface area contributed by atoms with E-state index in [2.05, 4.69) is 5.32 Å². The zero-order chi connectivity index (χ0) is 15.9. The normalized spacial score (nSPS) is 17.1. The molecule has 1 fully saturated rings. The maximum absolute atomic E-state index is 12.1. The molecule has 1 aromatic rings. The van der Waals surface area contributed by atoms with Crippen molar-refractivity contribution < 1.29 is 14.6 Å². The molecule has 1 atom stereocenters. The van der Waals surface area contributed by atoms with Crippen LogP contribution >= 0.6 is 11.6 Å². The van der Waals surface area contributed by atoms with Gasteiger partial charge in [-0.25, -0.2) is 4.79 Å². The van der Waals surface area contributed by atoms with Crippen LogP contribution in [0.15, 0.2) is 24.3 Å². The van der Waals surface area contributed by atoms with Gasteiger partial charge >= 0.3 is 6.03 Å². The number of rotatable bonds is 5. The van der Waals surface area contributed by atoms with Gasteiger partial charge in [0, 0.05) is 24.7 Å². The highest BCUT2D eigenvalue weighted by atomic mass is 35.5. The maximum atomic E-state index is 12.1. The van der Waals surface area contributed by atoms with Crippen molar-refractivity contribution in [2.75, 3.05) is 26.2 Å². The summed E-state index contributed by atoms with van der Waals surface area (Å²) in [5.41, 5.74) is 0. The molecule has 0 spiro atoms. The third-order valence-electron chi connectivity index (χ3n) is 3.83. The van der Waals surface area contributed by atoms with Gasteiger partial charge in [0.2, 0.25) is 0 Å². The van der Waals surface area contributed by atoms with Crippen LogP contribution in [0.2, 0.25) is 5.02 Å². The van der Waals surface area contributed by atoms with Gasteiger partial charge in [-0.2, -0.15) is 0 Å². The summed E-state index contributed by atoms with van der Waals surface area (Å²) >= 11 is 5.91. The van der Waals surface area contributed by atoms with E-state index in [0.717, 1.165) is 12.8 Å². The van der Waals surface area contributed by atoms with Crippen LogP contribution in [0, 0.1) is 5.92 Å². The molecule has 1 saturated heterocycles. The van der Waals surface area contributed by atoms with Crippen LogP contribution in [-0.2, 0) is 0 Å². The van der Waals surface area contributed by atoms with Crippen molar-refractivity contribution in [2.45, 2.75) is 25.9 Å². The van der Waals surface area contributed by atoms with Crippen LogP contribution < -0.4 is 10.1 Å². The Morgan fingerprint density at radius 3 is 2.86 bits per heavy atom. The molecule has 0 radical (unpaired) electrons. The highest BCUT2D eigenvalue weighted by Gasteiger charge is 2.22. The fourth-order valence-corrected chi connectivity index (χ4v) is 2.66. The molecule has 2 amide bonds. The number of aliphatic hydroxyl groups is 1. The number of urea groups is 1. The van der Waals surface area contributed by atoms with Crippen molar-refractivity contribution in [3.8, 4) is 5.75 Å². The van der Waals surface area contributed by atoms with Gasteiger partial charge in [-0.3, -0.25) is 0 Å². The Balaban J connectivity index is 1.72. The van der Waals surface area contributed by atoms with Gasteiger partial charge in [0.25, 0.3) is 0 Å². The molecule has 122 valence electrons. The Morgan fingerprint density at radius 2 is 2.23 bits per heavy atom. The minimum atomic E-state index is -0.141. The summed E-state index contributed by atoms with van der Waals surface area (Å²) in [6.45, 7) is 3.94. The molecule has 1 aliphatic rings. The Bertz CT molecular complexity index is 490. The van der Waals surface area contributed by atoms with Gasteiger partial charge < -0.3 is 20.1 Å². The lowest BCUT2D eigenvalue weighted by Gasteiger charge is -2.31. The first-order chi connectivity index (χ1) is 10.6. The molecule has 5 nitrogen and oxygen atoms in total. The van der Waals surface area contributed by atoms with Gasteiger partial charge in [-0.05, 0) is 43.9 Å². The first-order valence-corrected chi connectivity index (χ1v) is 8.02. The molecule has 22 heavy (non-hydrogen) atoms. The molecule has 2 rings (SSSR count). The van der Waals surface area contributed by atoms with Gasteiger partial charge in [0.1, 0.15) is 11.9 Å². The number of amides is 2. The third kappa shape index (κ3) is 5.07. The van der Waals surface area contributed by atoms with Crippen LogP contribution in [0.3, 0.4) is 0 Å². The Hall–Kier alpha value is -1.46. The summed E-state index contributed by atoms with van der Waals surface area (Å²) in [6, 6.07) is 7.13. The summed E-state index contributed by atoms with van der Waals surface area (Å²) in [7, 11) is 0. The maximum Gasteiger partial charge on any atom is 0.317 e. The van der Waals surface area contributed by atoms with Crippen LogP contribution in [0.25, 0.3) is 0 Å². The van der Waals surface area contributed by atoms with E-state index in [1.54, 1.807) is 17.0 Å². The summed E-state index contributed by atoms with van der Waals surface area (Å²) in [6.07, 6.45) is 1.58. The van der Waals surface area contributed by atoms with Crippen molar-refractivity contribution in [1.29, 1.82) is 0 Å². The molecule has 2 N–H and O–H groups in total. The molecule has 1 aliphatic heterocycles. The second-order valence-corrected chi connectivity index (χ2v) is 6.12. The Kier molecular flexibility index (Phi) is 6.34. The van der Waals surface area contributed by atoms with Crippen molar-refractivity contribution in [3.05, 3.63) is 29.3 Å². The number of aliphatic hydroxyl groups excluding tert-OH is 1. The van der Waals surface area contributed by atoms with E-state index in [-0.39, 0.29) is 18.7 Å². The van der Waals surface area contributed by atoms with Crippen LogP contribution in [-0.4, -0.2) is 48.4 Å². The SMILES string of the molecule is CC(CNC(=O)N1CCC(CO)CC1)Oc1cccc(Cl)c1. The number of ether oxygens (including phenoxy) is 1. The van der Waals surface area contributed by atoms with Crippen LogP contribution in [0.4, 0.5) is 4.79 Å². The number of carbonyl (C=O) groups is 1. The molecule has 1 unspecified atom stereocenters. The third-order valence-corrected chi connectivity index (χ3v) is 4.07. The number of benzene rings is 1. The summed E-state index contributed by atoms with van der Waals surface area (Å²) in [5, 5.41) is 12.6. The molecule has 0 aliphatic carbocycles. The predicted octanol–water partition coefficient (Wildman–Crippen LogP) is 2.52. The zero-order valence-corrected chi connectivity index (χ0v) is 13.6. The number of halogens is 1. The molecule has 1 aromatic carbocycles. The standard InChI is InChI=1S/C16H23ClN2O3/c1-12(22-15-4-2-3-14(17)9-15)10-18-16(21)19-7-5-13(11-20)6-8-19/h2-4,9,12-13,20H,5-8,10-11H2,1H3,(H,18,21). The van der Waals surface area contributed by atoms with E-state index in [4.69, 9.17) is 21.4 Å². The minimum absolute atomic E-state index is 0.0714. The Morgan fingerprint density at radius 1 is 1.50 bits per heavy atom. The fraction of sp³-hybridized carbons (Fsp3) is 0.562. The summed E-state index contributed by atoms with van der Waals surface area (Å²) in [5.74, 6) is 1.02. The lowest BCUT2D eigenvalue weighted by molar-refractivity contribution is 0.134. The molecular weight excluding hydrogens is 304 g/mol. The van der Waals surface area contributed by atoms with E-state index < -0.39 is 0 Å². The van der Waals surface area contributed by atoms with Gasteiger partial charge in [0.15, 0.2) is 0 Å². The number of nitrogens with zero attached hydrogens (tertiary/aromatic N) is 1. The number of piperidine rings is 1. The van der Waals surface area contributed by atoms with Crippen molar-refractivity contribution in [2.24, 2.45) is 5.92 Å². The number of likely N-dealkylation sites (tertiary alicyclic amines) is 1. The number of carbonyl (C=O) groups excluding carboxylic acids is 1. The highest BCUT2D eigenvalue weighted by molar-refractivity contribution is 6.30. The second kappa shape index (κ2) is 8.25. The number of hydrogen-bond donors (Lipinski definition) is 2. The van der Waals surface area contributed by atoms with Gasteiger partial charge in [-0.15, -0.1) is 0 Å². The topological polar surface area (TPSA) is 61.8 Å². The predicted molar refractivity (Wildman–Crippen MR) is 86.3 cm³/mol. The van der Waals surface area contributed by atoms with Gasteiger partial charge in [-0.1, -0.05) is 17.7 Å². The van der Waals surface area contributed by atoms with Gasteiger partial charge in [0.05, 0.1) is 6.54 Å². The van der Waals surface area contributed by atoms with Crippen molar-refractivity contribution >= 4 is 17.6 Å². The van der Waals surface area contributed by atoms with E-state index in [1.807, 2.05) is 19.1 Å². The quantitative estimate of drug-likeness (QED) is 0.874. The molecule has 0 bridgehead atoms. The van der Waals surface area contributed by atoms with E-state index in [1.165, 1.54) is 0 Å². The van der Waals surface area contributed by atoms with Crippen molar-refractivity contribution in [1.82, 2.24) is 10.2 Å². The van der Waals surface area contributed by atoms with E-state index in [9.17, 15) is 4.79 Å². The zero-order valence-electron chi connectivity index (χ0n) is 12.8. The number of nitrogens with one attached hydrogen (secondary N) is 1. The van der Waals surface area contributed by atoms with E-state index >= 15 is 0 Å². The monoisotopic (exact) mass is 326 g/mol. The Labute approximate surface area is 136 Å². The van der Waals surface area contributed by atoms with Crippen LogP contribution in [0.1, 0.15) is 19.8 Å². The summed E-state index contributed by atoms with van der Waals surface area (Å²) in [4.78, 5) is 13.9. The second-order valence-electron chi connectivity index (χ2n) is 5.68. The largest absolute Gasteiger partial charge is 0.489 e. The lowest BCUT2D eigenvalue weighted by atomic mass is 9.98. The lowest BCUT2D eigenvalue weighted by Crippen LogP contribution is -2.47. The fourth-order valence-electron chi connectivity index (χ4n) is 2.48. The average molecular weight is 327 g/mol. The summed E-state index contributed by atoms with van der Waals surface area (Å²) < 4.78 is 5.72. The van der Waals surface area contributed by atoms with Crippen LogP contribution in [0.5, 0.6) is 5.75 Å². The molecule has 1 heterocycles.